The second-order valence-electron chi connectivity index (χ2n) is 33.4. The second kappa shape index (κ2) is 41.6. The largest absolute Gasteiger partial charge is 0.508 e. The van der Waals surface area contributed by atoms with Gasteiger partial charge in [-0.15, -0.1) is 0 Å². The molecule has 33 heteroatoms. The molecule has 4 heterocycles. The highest BCUT2D eigenvalue weighted by Gasteiger charge is 2.56. The van der Waals surface area contributed by atoms with Crippen molar-refractivity contribution in [2.24, 2.45) is 17.1 Å². The Morgan fingerprint density at radius 3 is 1.77 bits per heavy atom. The number of primary amides is 1. The van der Waals surface area contributed by atoms with Gasteiger partial charge in [-0.25, -0.2) is 4.98 Å². The minimum absolute atomic E-state index is 0.0195. The number of pyridine rings is 1. The third-order valence-corrected chi connectivity index (χ3v) is 25.1. The molecule has 4 bridgehead atoms. The number of aliphatic hydroxyl groups is 2. The lowest BCUT2D eigenvalue weighted by Gasteiger charge is -2.38. The van der Waals surface area contributed by atoms with Gasteiger partial charge in [0.15, 0.2) is 0 Å². The minimum Gasteiger partial charge on any atom is -0.508 e. The number of amides is 12. The number of phenols is 2. The number of hydrogen-bond acceptors (Lipinski definition) is 21. The van der Waals surface area contributed by atoms with Crippen molar-refractivity contribution in [2.45, 2.75) is 271 Å². The van der Waals surface area contributed by atoms with Gasteiger partial charge in [0, 0.05) is 77.7 Å². The Labute approximate surface area is 697 Å². The molecular formula is C85H117N15O16S2. The van der Waals surface area contributed by atoms with Crippen molar-refractivity contribution in [3.05, 3.63) is 131 Å². The number of nitrogens with one attached hydrogen (secondary N) is 13. The van der Waals surface area contributed by atoms with Crippen LogP contribution < -0.4 is 74.9 Å². The van der Waals surface area contributed by atoms with Gasteiger partial charge in [-0.2, -0.15) is 23.5 Å². The lowest BCUT2D eigenvalue weighted by molar-refractivity contribution is -0.137. The summed E-state index contributed by atoms with van der Waals surface area (Å²) >= 11 is 2.74. The quantitative estimate of drug-likeness (QED) is 0.0963. The van der Waals surface area contributed by atoms with E-state index in [9.17, 15) is 49.2 Å². The number of aliphatic hydroxyl groups excluding tert-OH is 2. The van der Waals surface area contributed by atoms with Crippen LogP contribution >= 0.6 is 23.5 Å². The molecule has 3 aromatic carbocycles. The molecule has 6 aliphatic rings. The van der Waals surface area contributed by atoms with Crippen LogP contribution in [0.15, 0.2) is 103 Å². The topological polar surface area (TPSA) is 481 Å². The van der Waals surface area contributed by atoms with Crippen LogP contribution in [-0.4, -0.2) is 198 Å². The fraction of sp³-hybridized carbons (Fsp3) is 0.565. The molecule has 0 radical (unpaired) electrons. The molecule has 2 unspecified atom stereocenters. The van der Waals surface area contributed by atoms with Crippen molar-refractivity contribution in [3.63, 3.8) is 0 Å². The van der Waals surface area contributed by atoms with E-state index in [-0.39, 0.29) is 74.7 Å². The molecule has 118 heavy (non-hydrogen) atoms. The van der Waals surface area contributed by atoms with E-state index in [0.29, 0.717) is 72.0 Å². The highest BCUT2D eigenvalue weighted by atomic mass is 32.2. The zero-order valence-corrected chi connectivity index (χ0v) is 69.7. The first kappa shape index (κ1) is 90.3. The normalized spacial score (nSPS) is 27.7. The molecule has 4 aromatic rings. The Hall–Kier alpha value is -9.99. The van der Waals surface area contributed by atoms with Crippen molar-refractivity contribution in [2.75, 3.05) is 23.4 Å². The van der Waals surface area contributed by atoms with Gasteiger partial charge >= 0.3 is 0 Å². The highest BCUT2D eigenvalue weighted by Crippen LogP contribution is 2.55. The van der Waals surface area contributed by atoms with Gasteiger partial charge in [0.1, 0.15) is 83.3 Å². The Morgan fingerprint density at radius 2 is 1.15 bits per heavy atom. The molecular weight excluding hydrogens is 1550 g/mol. The second-order valence-corrected chi connectivity index (χ2v) is 35.5. The average Bonchev–Trinajstić information content (AvgIpc) is 1.56. The number of fused-ring (bicyclic) bond motifs is 11. The Balaban J connectivity index is 1.04. The molecule has 1 aromatic heterocycles. The number of phenolic OH excluding ortho intramolecular Hbond substituents is 2. The van der Waals surface area contributed by atoms with Crippen LogP contribution in [0.25, 0.3) is 0 Å². The SMILES string of the molecule is CCC[C@@H]1NC2=CC2(CC2c3cccnc3NC23CCCCCC3)NC(=O)[C@H]([C@@H](C)O)NC(=O)[C@@H]2CCCNC(=O)C[C@@H](NC1=O)C(=O)N[C@@H](Cc1ccc(O)cc1)C(=O)N[C@@H](C1CCCCC1)C(=O)N[C@@H]([C@@H](C)O)C(=O)N[C@H](C(N)=O)CSCc1cccc(c1)CSCCC(=O)N[C@@H](C(C)(C)C)C(=O)N[C@@H](Cc1ccc(O)cc1)C(=O)N2. The van der Waals surface area contributed by atoms with E-state index < -0.39 is 172 Å². The molecule has 14 atom stereocenters. The molecule has 640 valence electrons. The van der Waals surface area contributed by atoms with E-state index in [4.69, 9.17) is 10.7 Å². The standard InChI is InChI=1S/C85H117N15O16S2/c1-7-18-59-74(108)92-63-42-67(106)87-36-17-24-60(75(109)96-69(49(3)102)81(115)100-85(44-65(85)89-59)43-58-57-23-16-37-88-73(57)99-84(58)34-13-8-9-14-35-84)90-76(110)61(40-50-25-29-55(103)30-26-50)93-82(116)71(83(4,5)6)95-66(105)33-38-117-45-52-19-15-20-53(39-52)46-118-47-64(72(86)107)94-79(113)68(48(2)101)97-80(114)70(54-21-11-10-12-22-54)98-78(112)62(91-77(63)111)41-51-27-31-56(104)32-28-51/h15-16,19-20,23,25-32,37,39,44,48-49,54,58-64,68-71,89,101-104H,7-14,17-18,21-22,24,33-36,38,40-43,45-47H2,1-6H3,(H2,86,107)(H,87,106)(H,88,99)(H,90,110)(H,91,111)(H,92,108)(H,93,116)(H,94,113)(H,95,105)(H,96,109)(H,97,114)(H,98,112)(H,100,115)/t48-,49-,58?,59+,60+,61+,62+,63-,64+,68+,69+,70+,71-,85?/m1/s1. The maximum Gasteiger partial charge on any atom is 0.246 e. The molecule has 12 amide bonds. The molecule has 3 aliphatic heterocycles. The first-order valence-corrected chi connectivity index (χ1v) is 43.6. The average molecular weight is 1670 g/mol. The summed E-state index contributed by atoms with van der Waals surface area (Å²) < 4.78 is 0. The molecule has 1 spiro atoms. The molecule has 1 saturated heterocycles. The maximum absolute atomic E-state index is 15.5. The number of benzene rings is 3. The maximum atomic E-state index is 15.5. The first-order valence-electron chi connectivity index (χ1n) is 41.3. The summed E-state index contributed by atoms with van der Waals surface area (Å²) in [5, 5.41) is 81.8. The van der Waals surface area contributed by atoms with Crippen LogP contribution in [0.5, 0.6) is 11.5 Å². The van der Waals surface area contributed by atoms with Crippen LogP contribution in [-0.2, 0) is 81.9 Å². The summed E-state index contributed by atoms with van der Waals surface area (Å²) in [7, 11) is 0. The Morgan fingerprint density at radius 1 is 0.576 bits per heavy atom. The smallest absolute Gasteiger partial charge is 0.246 e. The van der Waals surface area contributed by atoms with Crippen LogP contribution in [0.2, 0.25) is 0 Å². The van der Waals surface area contributed by atoms with Crippen LogP contribution in [0.4, 0.5) is 5.82 Å². The summed E-state index contributed by atoms with van der Waals surface area (Å²) in [5.41, 5.74) is 6.86. The number of rotatable bonds is 12. The lowest BCUT2D eigenvalue weighted by Crippen LogP contribution is -2.63. The number of nitrogens with two attached hydrogens (primary N) is 1. The third-order valence-electron chi connectivity index (χ3n) is 23.0. The zero-order valence-electron chi connectivity index (χ0n) is 68.0. The minimum atomic E-state index is -1.77. The van der Waals surface area contributed by atoms with E-state index in [1.807, 2.05) is 43.3 Å². The summed E-state index contributed by atoms with van der Waals surface area (Å²) in [6.45, 7) is 9.38. The number of carbonyl (C=O) groups is 12. The van der Waals surface area contributed by atoms with Gasteiger partial charge in [0.25, 0.3) is 0 Å². The number of nitrogens with zero attached hydrogens (tertiary/aromatic N) is 1. The van der Waals surface area contributed by atoms with Crippen LogP contribution in [0.3, 0.4) is 0 Å². The number of carbonyl (C=O) groups excluding carboxylic acids is 12. The molecule has 2 saturated carbocycles. The van der Waals surface area contributed by atoms with Gasteiger partial charge < -0.3 is 95.3 Å². The summed E-state index contributed by atoms with van der Waals surface area (Å²) in [6, 6.07) is 8.12. The van der Waals surface area contributed by atoms with Crippen molar-refractivity contribution in [1.82, 2.24) is 68.8 Å². The summed E-state index contributed by atoms with van der Waals surface area (Å²) in [5.74, 6) is -9.41. The van der Waals surface area contributed by atoms with E-state index in [2.05, 4.69) is 69.1 Å². The van der Waals surface area contributed by atoms with Crippen LogP contribution in [0.1, 0.15) is 191 Å². The number of thioether (sulfide) groups is 2. The van der Waals surface area contributed by atoms with E-state index in [1.54, 1.807) is 45.2 Å². The molecule has 31 nitrogen and oxygen atoms in total. The predicted octanol–water partition coefficient (Wildman–Crippen LogP) is 3.59. The van der Waals surface area contributed by atoms with Gasteiger partial charge in [0.2, 0.25) is 70.9 Å². The zero-order chi connectivity index (χ0) is 85.0. The fourth-order valence-corrected chi connectivity index (χ4v) is 18.3. The molecule has 19 N–H and O–H groups in total. The molecule has 3 aliphatic carbocycles. The van der Waals surface area contributed by atoms with Gasteiger partial charge in [-0.3, -0.25) is 57.5 Å². The van der Waals surface area contributed by atoms with Gasteiger partial charge in [-0.1, -0.05) is 134 Å². The lowest BCUT2D eigenvalue weighted by atomic mass is 9.73. The van der Waals surface area contributed by atoms with Crippen molar-refractivity contribution >= 4 is 100 Å². The Bertz CT molecular complexity index is 4260. The van der Waals surface area contributed by atoms with Crippen LogP contribution in [0, 0.1) is 11.3 Å². The molecule has 10 rings (SSSR count). The monoisotopic (exact) mass is 1670 g/mol. The number of anilines is 1. The summed E-state index contributed by atoms with van der Waals surface area (Å²) in [4.78, 5) is 183. The number of aromatic nitrogens is 1. The molecule has 3 fully saturated rings. The van der Waals surface area contributed by atoms with Crippen molar-refractivity contribution < 1.29 is 78.0 Å². The van der Waals surface area contributed by atoms with Crippen molar-refractivity contribution in [3.8, 4) is 11.5 Å². The van der Waals surface area contributed by atoms with Gasteiger partial charge in [0.05, 0.1) is 18.6 Å². The predicted molar refractivity (Wildman–Crippen MR) is 446 cm³/mol. The van der Waals surface area contributed by atoms with E-state index in [0.717, 1.165) is 61.6 Å². The number of hydrogen-bond donors (Lipinski definition) is 18. The fourth-order valence-electron chi connectivity index (χ4n) is 16.4. The van der Waals surface area contributed by atoms with E-state index in [1.165, 1.54) is 73.8 Å². The highest BCUT2D eigenvalue weighted by molar-refractivity contribution is 7.98. The summed E-state index contributed by atoms with van der Waals surface area (Å²) in [6.07, 6.45) is 7.58. The number of aromatic hydroxyl groups is 2. The first-order chi connectivity index (χ1) is 56.3. The third kappa shape index (κ3) is 24.8. The van der Waals surface area contributed by atoms with E-state index >= 15 is 28.8 Å². The van der Waals surface area contributed by atoms with Crippen molar-refractivity contribution in [1.29, 1.82) is 0 Å². The Kier molecular flexibility index (Phi) is 31.9. The van der Waals surface area contributed by atoms with Gasteiger partial charge in [-0.05, 0) is 135 Å².